The number of nitrogens with zero attached hydrogens (tertiary/aromatic N) is 3. The molecule has 2 heterocycles. The largest absolute Gasteiger partial charge is 0.354 e. The molecule has 2 aromatic rings. The first-order chi connectivity index (χ1) is 10.6. The van der Waals surface area contributed by atoms with Gasteiger partial charge in [0.05, 0.1) is 0 Å². The average molecular weight is 296 g/mol. The predicted octanol–water partition coefficient (Wildman–Crippen LogP) is 1.92. The van der Waals surface area contributed by atoms with Crippen molar-refractivity contribution in [2.24, 2.45) is 5.73 Å². The van der Waals surface area contributed by atoms with Gasteiger partial charge in [-0.2, -0.15) is 0 Å². The number of rotatable bonds is 3. The van der Waals surface area contributed by atoms with Crippen molar-refractivity contribution in [2.75, 3.05) is 29.9 Å². The molecule has 0 saturated carbocycles. The van der Waals surface area contributed by atoms with E-state index < -0.39 is 0 Å². The van der Waals surface area contributed by atoms with Crippen LogP contribution in [0.1, 0.15) is 6.42 Å². The van der Waals surface area contributed by atoms with E-state index in [0.29, 0.717) is 0 Å². The Morgan fingerprint density at radius 2 is 2.32 bits per heavy atom. The number of aromatic nitrogens is 1. The number of anilines is 2. The molecule has 0 spiro atoms. The molecule has 1 saturated heterocycles. The van der Waals surface area contributed by atoms with Crippen LogP contribution >= 0.6 is 0 Å². The fourth-order valence-electron chi connectivity index (χ4n) is 2.85. The first-order valence-corrected chi connectivity index (χ1v) is 7.39. The van der Waals surface area contributed by atoms with E-state index in [4.69, 9.17) is 5.73 Å². The molecule has 2 N–H and O–H groups in total. The molecule has 1 aliphatic heterocycles. The van der Waals surface area contributed by atoms with E-state index >= 15 is 0 Å². The summed E-state index contributed by atoms with van der Waals surface area (Å²) in [6.07, 6.45) is 4.11. The van der Waals surface area contributed by atoms with Gasteiger partial charge in [-0.05, 0) is 42.1 Å². The van der Waals surface area contributed by atoms with Crippen LogP contribution in [0.15, 0.2) is 43.1 Å². The highest BCUT2D eigenvalue weighted by Gasteiger charge is 2.22. The quantitative estimate of drug-likeness (QED) is 0.879. The van der Waals surface area contributed by atoms with Crippen molar-refractivity contribution in [1.82, 2.24) is 4.98 Å². The molecule has 0 radical (unpaired) electrons. The van der Waals surface area contributed by atoms with E-state index in [9.17, 15) is 4.79 Å². The average Bonchev–Trinajstić information content (AvgIpc) is 2.98. The SMILES string of the molecule is C=CC(=O)N(C)c1ccc2c(N3CC[C@@H](N)C3)nccc2c1. The molecule has 1 amide bonds. The topological polar surface area (TPSA) is 62.5 Å². The summed E-state index contributed by atoms with van der Waals surface area (Å²) in [6.45, 7) is 5.29. The number of carbonyl (C=O) groups is 1. The molecule has 1 aliphatic rings. The standard InChI is InChI=1S/C17H20N4O/c1-3-16(22)20(2)14-4-5-15-12(10-14)6-8-19-17(15)21-9-7-13(18)11-21/h3-6,8,10,13H,1,7,9,11,18H2,2H3/t13-/m1/s1. The van der Waals surface area contributed by atoms with Gasteiger partial charge in [0.1, 0.15) is 5.82 Å². The maximum atomic E-state index is 11.7. The number of nitrogens with two attached hydrogens (primary N) is 1. The summed E-state index contributed by atoms with van der Waals surface area (Å²) in [6, 6.07) is 8.13. The molecule has 114 valence electrons. The Balaban J connectivity index is 2.00. The van der Waals surface area contributed by atoms with Crippen LogP contribution in [0.2, 0.25) is 0 Å². The van der Waals surface area contributed by atoms with Gasteiger partial charge >= 0.3 is 0 Å². The lowest BCUT2D eigenvalue weighted by molar-refractivity contribution is -0.113. The Morgan fingerprint density at radius 3 is 3.00 bits per heavy atom. The Labute approximate surface area is 130 Å². The van der Waals surface area contributed by atoms with E-state index in [1.807, 2.05) is 24.3 Å². The van der Waals surface area contributed by atoms with Gasteiger partial charge in [0.2, 0.25) is 5.91 Å². The smallest absolute Gasteiger partial charge is 0.250 e. The number of amides is 1. The lowest BCUT2D eigenvalue weighted by Gasteiger charge is -2.20. The molecule has 22 heavy (non-hydrogen) atoms. The van der Waals surface area contributed by atoms with Gasteiger partial charge in [-0.3, -0.25) is 4.79 Å². The Kier molecular flexibility index (Phi) is 3.81. The number of benzene rings is 1. The molecule has 3 rings (SSSR count). The Bertz CT molecular complexity index is 728. The van der Waals surface area contributed by atoms with Crippen LogP contribution in [0.5, 0.6) is 0 Å². The molecule has 1 aromatic carbocycles. The second-order valence-electron chi connectivity index (χ2n) is 5.64. The Morgan fingerprint density at radius 1 is 1.50 bits per heavy atom. The molecule has 1 fully saturated rings. The highest BCUT2D eigenvalue weighted by atomic mass is 16.2. The maximum absolute atomic E-state index is 11.7. The minimum absolute atomic E-state index is 0.126. The number of likely N-dealkylation sites (N-methyl/N-ethyl adjacent to an activating group) is 1. The van der Waals surface area contributed by atoms with Crippen molar-refractivity contribution >= 4 is 28.2 Å². The zero-order chi connectivity index (χ0) is 15.7. The van der Waals surface area contributed by atoms with Crippen LogP contribution < -0.4 is 15.5 Å². The fraction of sp³-hybridized carbons (Fsp3) is 0.294. The van der Waals surface area contributed by atoms with E-state index in [2.05, 4.69) is 16.5 Å². The molecule has 0 bridgehead atoms. The zero-order valence-corrected chi connectivity index (χ0v) is 12.7. The molecule has 1 aromatic heterocycles. The fourth-order valence-corrected chi connectivity index (χ4v) is 2.85. The van der Waals surface area contributed by atoms with Crippen LogP contribution in [-0.4, -0.2) is 37.1 Å². The lowest BCUT2D eigenvalue weighted by Crippen LogP contribution is -2.27. The maximum Gasteiger partial charge on any atom is 0.250 e. The van der Waals surface area contributed by atoms with Crippen LogP contribution in [0.25, 0.3) is 10.8 Å². The molecule has 1 atom stereocenters. The highest BCUT2D eigenvalue weighted by molar-refractivity contribution is 6.03. The number of hydrogen-bond acceptors (Lipinski definition) is 4. The molecule has 0 unspecified atom stereocenters. The van der Waals surface area contributed by atoms with Crippen molar-refractivity contribution in [3.8, 4) is 0 Å². The second-order valence-corrected chi connectivity index (χ2v) is 5.64. The van der Waals surface area contributed by atoms with E-state index in [0.717, 1.165) is 41.8 Å². The lowest BCUT2D eigenvalue weighted by atomic mass is 10.1. The van der Waals surface area contributed by atoms with Crippen molar-refractivity contribution in [3.63, 3.8) is 0 Å². The van der Waals surface area contributed by atoms with E-state index in [1.54, 1.807) is 18.1 Å². The minimum atomic E-state index is -0.126. The normalized spacial score (nSPS) is 17.7. The summed E-state index contributed by atoms with van der Waals surface area (Å²) in [7, 11) is 1.74. The minimum Gasteiger partial charge on any atom is -0.354 e. The molecule has 0 aliphatic carbocycles. The zero-order valence-electron chi connectivity index (χ0n) is 12.7. The van der Waals surface area contributed by atoms with E-state index in [-0.39, 0.29) is 11.9 Å². The molecular weight excluding hydrogens is 276 g/mol. The molecule has 5 heteroatoms. The third kappa shape index (κ3) is 2.55. The molecule has 5 nitrogen and oxygen atoms in total. The number of pyridine rings is 1. The van der Waals surface area contributed by atoms with E-state index in [1.165, 1.54) is 6.08 Å². The monoisotopic (exact) mass is 296 g/mol. The van der Waals surface area contributed by atoms with Crippen LogP contribution in [-0.2, 0) is 4.79 Å². The van der Waals surface area contributed by atoms with Crippen molar-refractivity contribution in [1.29, 1.82) is 0 Å². The van der Waals surface area contributed by atoms with Crippen LogP contribution in [0.4, 0.5) is 11.5 Å². The number of fused-ring (bicyclic) bond motifs is 1. The highest BCUT2D eigenvalue weighted by Crippen LogP contribution is 2.29. The Hall–Kier alpha value is -2.40. The summed E-state index contributed by atoms with van der Waals surface area (Å²) < 4.78 is 0. The van der Waals surface area contributed by atoms with Gasteiger partial charge in [0, 0.05) is 43.4 Å². The summed E-state index contributed by atoms with van der Waals surface area (Å²) in [5, 5.41) is 2.14. The van der Waals surface area contributed by atoms with Gasteiger partial charge in [-0.15, -0.1) is 0 Å². The number of hydrogen-bond donors (Lipinski definition) is 1. The van der Waals surface area contributed by atoms with Gasteiger partial charge in [0.25, 0.3) is 0 Å². The van der Waals surface area contributed by atoms with Gasteiger partial charge in [-0.25, -0.2) is 4.98 Å². The summed E-state index contributed by atoms with van der Waals surface area (Å²) in [4.78, 5) is 20.1. The van der Waals surface area contributed by atoms with Gasteiger partial charge < -0.3 is 15.5 Å². The van der Waals surface area contributed by atoms with Gasteiger partial charge in [0.15, 0.2) is 0 Å². The first kappa shape index (κ1) is 14.5. The van der Waals surface area contributed by atoms with Crippen LogP contribution in [0, 0.1) is 0 Å². The summed E-state index contributed by atoms with van der Waals surface area (Å²) in [5.74, 6) is 0.842. The van der Waals surface area contributed by atoms with Crippen LogP contribution in [0.3, 0.4) is 0 Å². The third-order valence-corrected chi connectivity index (χ3v) is 4.14. The first-order valence-electron chi connectivity index (χ1n) is 7.39. The van der Waals surface area contributed by atoms with Crippen molar-refractivity contribution in [2.45, 2.75) is 12.5 Å². The third-order valence-electron chi connectivity index (χ3n) is 4.14. The summed E-state index contributed by atoms with van der Waals surface area (Å²) >= 11 is 0. The number of carbonyl (C=O) groups excluding carboxylic acids is 1. The van der Waals surface area contributed by atoms with Crippen molar-refractivity contribution in [3.05, 3.63) is 43.1 Å². The molecular formula is C17H20N4O. The predicted molar refractivity (Wildman–Crippen MR) is 90.2 cm³/mol. The van der Waals surface area contributed by atoms with Crippen molar-refractivity contribution < 1.29 is 4.79 Å². The van der Waals surface area contributed by atoms with Gasteiger partial charge in [-0.1, -0.05) is 6.58 Å². The summed E-state index contributed by atoms with van der Waals surface area (Å²) in [5.41, 5.74) is 6.84. The second kappa shape index (κ2) is 5.77.